The first-order chi connectivity index (χ1) is 7.54. The van der Waals surface area contributed by atoms with Gasteiger partial charge in [0.1, 0.15) is 0 Å². The molecule has 1 aromatic rings. The van der Waals surface area contributed by atoms with Crippen LogP contribution in [0.1, 0.15) is 18.4 Å². The number of hydrogen-bond acceptors (Lipinski definition) is 3. The van der Waals surface area contributed by atoms with Gasteiger partial charge in [-0.25, -0.2) is 4.39 Å². The van der Waals surface area contributed by atoms with E-state index >= 15 is 0 Å². The highest BCUT2D eigenvalue weighted by Gasteiger charge is 2.36. The van der Waals surface area contributed by atoms with Crippen LogP contribution in [0.4, 0.5) is 4.39 Å². The number of halogens is 1. The SMILES string of the molecule is COc1ccc([C@@H]2CNC[C@@]2(C)N)cc1F. The van der Waals surface area contributed by atoms with E-state index in [1.165, 1.54) is 13.2 Å². The molecule has 1 aromatic carbocycles. The molecule has 3 N–H and O–H groups in total. The van der Waals surface area contributed by atoms with E-state index in [1.807, 2.05) is 13.0 Å². The van der Waals surface area contributed by atoms with E-state index in [9.17, 15) is 4.39 Å². The predicted molar refractivity (Wildman–Crippen MR) is 61.2 cm³/mol. The molecule has 88 valence electrons. The molecule has 4 heteroatoms. The fourth-order valence-electron chi connectivity index (χ4n) is 2.24. The van der Waals surface area contributed by atoms with Crippen molar-refractivity contribution in [3.63, 3.8) is 0 Å². The minimum Gasteiger partial charge on any atom is -0.494 e. The lowest BCUT2D eigenvalue weighted by Crippen LogP contribution is -2.42. The van der Waals surface area contributed by atoms with Gasteiger partial charge in [0.25, 0.3) is 0 Å². The Labute approximate surface area is 94.8 Å². The maximum atomic E-state index is 13.6. The summed E-state index contributed by atoms with van der Waals surface area (Å²) in [5.74, 6) is 0.0871. The zero-order valence-corrected chi connectivity index (χ0v) is 9.59. The summed E-state index contributed by atoms with van der Waals surface area (Å²) in [6, 6.07) is 5.05. The summed E-state index contributed by atoms with van der Waals surface area (Å²) in [7, 11) is 1.46. The average Bonchev–Trinajstić information content (AvgIpc) is 2.58. The first kappa shape index (κ1) is 11.4. The van der Waals surface area contributed by atoms with E-state index in [4.69, 9.17) is 10.5 Å². The second-order valence-corrected chi connectivity index (χ2v) is 4.58. The molecule has 16 heavy (non-hydrogen) atoms. The lowest BCUT2D eigenvalue weighted by Gasteiger charge is -2.26. The Hall–Kier alpha value is -1.13. The highest BCUT2D eigenvalue weighted by molar-refractivity contribution is 5.34. The van der Waals surface area contributed by atoms with Crippen molar-refractivity contribution in [3.8, 4) is 5.75 Å². The van der Waals surface area contributed by atoms with Gasteiger partial charge in [-0.05, 0) is 24.6 Å². The van der Waals surface area contributed by atoms with Crippen LogP contribution in [0, 0.1) is 5.82 Å². The third kappa shape index (κ3) is 1.90. The second-order valence-electron chi connectivity index (χ2n) is 4.58. The van der Waals surface area contributed by atoms with E-state index in [0.717, 1.165) is 18.7 Å². The van der Waals surface area contributed by atoms with Gasteiger partial charge in [-0.3, -0.25) is 0 Å². The summed E-state index contributed by atoms with van der Waals surface area (Å²) in [5.41, 5.74) is 6.76. The molecule has 1 fully saturated rings. The molecule has 0 aliphatic carbocycles. The Morgan fingerprint density at radius 2 is 2.31 bits per heavy atom. The van der Waals surface area contributed by atoms with Gasteiger partial charge in [0.05, 0.1) is 7.11 Å². The van der Waals surface area contributed by atoms with E-state index in [1.54, 1.807) is 6.07 Å². The summed E-state index contributed by atoms with van der Waals surface area (Å²) >= 11 is 0. The van der Waals surface area contributed by atoms with Gasteiger partial charge in [0.15, 0.2) is 11.6 Å². The van der Waals surface area contributed by atoms with E-state index in [0.29, 0.717) is 0 Å². The van der Waals surface area contributed by atoms with Gasteiger partial charge in [-0.1, -0.05) is 6.07 Å². The largest absolute Gasteiger partial charge is 0.494 e. The normalized spacial score (nSPS) is 29.4. The highest BCUT2D eigenvalue weighted by Crippen LogP contribution is 2.31. The fraction of sp³-hybridized carbons (Fsp3) is 0.500. The van der Waals surface area contributed by atoms with Crippen molar-refractivity contribution < 1.29 is 9.13 Å². The minimum atomic E-state index is -0.331. The molecule has 1 aliphatic heterocycles. The molecule has 0 spiro atoms. The van der Waals surface area contributed by atoms with Crippen molar-refractivity contribution in [2.24, 2.45) is 5.73 Å². The van der Waals surface area contributed by atoms with Crippen LogP contribution in [-0.2, 0) is 0 Å². The molecule has 0 amide bonds. The number of ether oxygens (including phenoxy) is 1. The molecule has 0 unspecified atom stereocenters. The summed E-state index contributed by atoms with van der Waals surface area (Å²) in [6.45, 7) is 3.53. The monoisotopic (exact) mass is 224 g/mol. The fourth-order valence-corrected chi connectivity index (χ4v) is 2.24. The molecular formula is C12H17FN2O. The molecule has 2 rings (SSSR count). The highest BCUT2D eigenvalue weighted by atomic mass is 19.1. The number of nitrogens with two attached hydrogens (primary N) is 1. The summed E-state index contributed by atoms with van der Waals surface area (Å²) in [4.78, 5) is 0. The summed E-state index contributed by atoms with van der Waals surface area (Å²) < 4.78 is 18.5. The van der Waals surface area contributed by atoms with Crippen molar-refractivity contribution in [1.82, 2.24) is 5.32 Å². The topological polar surface area (TPSA) is 47.3 Å². The van der Waals surface area contributed by atoms with Crippen LogP contribution >= 0.6 is 0 Å². The van der Waals surface area contributed by atoms with Crippen LogP contribution in [-0.4, -0.2) is 25.7 Å². The first-order valence-corrected chi connectivity index (χ1v) is 5.37. The third-order valence-electron chi connectivity index (χ3n) is 3.23. The predicted octanol–water partition coefficient (Wildman–Crippen LogP) is 1.24. The molecule has 1 heterocycles. The Balaban J connectivity index is 2.31. The van der Waals surface area contributed by atoms with Gasteiger partial charge >= 0.3 is 0 Å². The van der Waals surface area contributed by atoms with Crippen LogP contribution in [0.5, 0.6) is 5.75 Å². The van der Waals surface area contributed by atoms with Gasteiger partial charge in [-0.2, -0.15) is 0 Å². The molecule has 0 saturated carbocycles. The molecular weight excluding hydrogens is 207 g/mol. The Bertz CT molecular complexity index is 393. The van der Waals surface area contributed by atoms with Crippen LogP contribution in [0.2, 0.25) is 0 Å². The smallest absolute Gasteiger partial charge is 0.165 e. The molecule has 1 saturated heterocycles. The quantitative estimate of drug-likeness (QED) is 0.794. The molecule has 2 atom stereocenters. The van der Waals surface area contributed by atoms with Crippen LogP contribution in [0.3, 0.4) is 0 Å². The van der Waals surface area contributed by atoms with Gasteiger partial charge in [0.2, 0.25) is 0 Å². The zero-order valence-electron chi connectivity index (χ0n) is 9.59. The van der Waals surface area contributed by atoms with Gasteiger partial charge in [-0.15, -0.1) is 0 Å². The minimum absolute atomic E-state index is 0.146. The third-order valence-corrected chi connectivity index (χ3v) is 3.23. The van der Waals surface area contributed by atoms with Crippen LogP contribution < -0.4 is 15.8 Å². The van der Waals surface area contributed by atoms with Gasteiger partial charge < -0.3 is 15.8 Å². The van der Waals surface area contributed by atoms with E-state index < -0.39 is 0 Å². The van der Waals surface area contributed by atoms with Crippen molar-refractivity contribution in [1.29, 1.82) is 0 Å². The number of methoxy groups -OCH3 is 1. The number of benzene rings is 1. The van der Waals surface area contributed by atoms with Crippen LogP contribution in [0.25, 0.3) is 0 Å². The van der Waals surface area contributed by atoms with Crippen molar-refractivity contribution >= 4 is 0 Å². The number of rotatable bonds is 2. The maximum Gasteiger partial charge on any atom is 0.165 e. The van der Waals surface area contributed by atoms with E-state index in [2.05, 4.69) is 5.32 Å². The Morgan fingerprint density at radius 1 is 1.56 bits per heavy atom. The number of hydrogen-bond donors (Lipinski definition) is 2. The molecule has 3 nitrogen and oxygen atoms in total. The van der Waals surface area contributed by atoms with Crippen molar-refractivity contribution in [2.45, 2.75) is 18.4 Å². The molecule has 0 radical (unpaired) electrons. The first-order valence-electron chi connectivity index (χ1n) is 5.37. The molecule has 1 aliphatic rings. The van der Waals surface area contributed by atoms with Crippen molar-refractivity contribution in [3.05, 3.63) is 29.6 Å². The maximum absolute atomic E-state index is 13.6. The average molecular weight is 224 g/mol. The lowest BCUT2D eigenvalue weighted by atomic mass is 9.84. The summed E-state index contributed by atoms with van der Waals surface area (Å²) in [5, 5.41) is 3.23. The zero-order chi connectivity index (χ0) is 11.8. The summed E-state index contributed by atoms with van der Waals surface area (Å²) in [6.07, 6.45) is 0. The molecule has 0 aromatic heterocycles. The van der Waals surface area contributed by atoms with Crippen LogP contribution in [0.15, 0.2) is 18.2 Å². The molecule has 0 bridgehead atoms. The second kappa shape index (κ2) is 4.03. The Morgan fingerprint density at radius 3 is 2.81 bits per heavy atom. The lowest BCUT2D eigenvalue weighted by molar-refractivity contribution is 0.384. The van der Waals surface area contributed by atoms with Gasteiger partial charge in [0, 0.05) is 24.5 Å². The Kier molecular flexibility index (Phi) is 2.86. The standard InChI is InChI=1S/C12H17FN2O/c1-12(14)7-15-6-9(12)8-3-4-11(16-2)10(13)5-8/h3-5,9,15H,6-7,14H2,1-2H3/t9-,12+/m0/s1. The van der Waals surface area contributed by atoms with Crippen molar-refractivity contribution in [2.75, 3.05) is 20.2 Å². The number of nitrogens with one attached hydrogen (secondary N) is 1. The van der Waals surface area contributed by atoms with E-state index in [-0.39, 0.29) is 23.0 Å².